The van der Waals surface area contributed by atoms with Gasteiger partial charge in [-0.15, -0.1) is 0 Å². The summed E-state index contributed by atoms with van der Waals surface area (Å²) >= 11 is 0. The summed E-state index contributed by atoms with van der Waals surface area (Å²) in [5, 5.41) is 2.70. The fourth-order valence-corrected chi connectivity index (χ4v) is 3.16. The number of carbonyl (C=O) groups excluding carboxylic acids is 2. The third-order valence-corrected chi connectivity index (χ3v) is 4.64. The minimum atomic E-state index is -4.35. The van der Waals surface area contributed by atoms with Crippen molar-refractivity contribution in [3.63, 3.8) is 0 Å². The van der Waals surface area contributed by atoms with Crippen molar-refractivity contribution >= 4 is 11.8 Å². The number of hydrogen-bond donors (Lipinski definition) is 1. The molecule has 1 aromatic carbocycles. The van der Waals surface area contributed by atoms with E-state index < -0.39 is 17.8 Å². The normalized spacial score (nSPS) is 17.1. The van der Waals surface area contributed by atoms with E-state index in [1.807, 2.05) is 18.7 Å². The molecule has 1 N–H and O–H groups in total. The highest BCUT2D eigenvalue weighted by Crippen LogP contribution is 2.29. The summed E-state index contributed by atoms with van der Waals surface area (Å²) in [6.07, 6.45) is -4.35. The smallest absolute Gasteiger partial charge is 0.344 e. The zero-order valence-electron chi connectivity index (χ0n) is 15.8. The molecule has 0 radical (unpaired) electrons. The fourth-order valence-electron chi connectivity index (χ4n) is 3.16. The van der Waals surface area contributed by atoms with Crippen LogP contribution >= 0.6 is 0 Å². The molecule has 5 nitrogen and oxygen atoms in total. The molecular formula is C19H26F3N3O2. The summed E-state index contributed by atoms with van der Waals surface area (Å²) < 4.78 is 38.5. The van der Waals surface area contributed by atoms with Gasteiger partial charge in [0.05, 0.1) is 5.56 Å². The molecule has 1 aliphatic rings. The lowest BCUT2D eigenvalue weighted by Gasteiger charge is -2.37. The second kappa shape index (κ2) is 8.73. The Bertz CT molecular complexity index is 668. The zero-order valence-corrected chi connectivity index (χ0v) is 15.8. The van der Waals surface area contributed by atoms with Crippen molar-refractivity contribution in [2.45, 2.75) is 39.5 Å². The van der Waals surface area contributed by atoms with Crippen LogP contribution in [0.15, 0.2) is 24.3 Å². The average molecular weight is 385 g/mol. The monoisotopic (exact) mass is 385 g/mol. The van der Waals surface area contributed by atoms with Gasteiger partial charge in [-0.05, 0) is 17.5 Å². The topological polar surface area (TPSA) is 52.7 Å². The van der Waals surface area contributed by atoms with Crippen LogP contribution < -0.4 is 5.32 Å². The van der Waals surface area contributed by atoms with Gasteiger partial charge in [0.25, 0.3) is 0 Å². The van der Waals surface area contributed by atoms with E-state index in [1.165, 1.54) is 19.1 Å². The first-order chi connectivity index (χ1) is 12.6. The van der Waals surface area contributed by atoms with Crippen molar-refractivity contribution in [1.82, 2.24) is 15.1 Å². The molecule has 1 aliphatic heterocycles. The first-order valence-corrected chi connectivity index (χ1v) is 9.02. The van der Waals surface area contributed by atoms with Crippen molar-refractivity contribution in [2.24, 2.45) is 5.92 Å². The van der Waals surface area contributed by atoms with E-state index >= 15 is 0 Å². The molecule has 1 saturated heterocycles. The SMILES string of the molecule is CC(=O)NC(C(=O)N1CCN(Cc2cccc(C(F)(F)F)c2)CC1)C(C)C. The van der Waals surface area contributed by atoms with Gasteiger partial charge in [-0.25, -0.2) is 0 Å². The van der Waals surface area contributed by atoms with Crippen LogP contribution in [0.25, 0.3) is 0 Å². The van der Waals surface area contributed by atoms with E-state index in [1.54, 1.807) is 11.0 Å². The molecule has 1 aromatic rings. The Morgan fingerprint density at radius 1 is 1.15 bits per heavy atom. The molecule has 0 bridgehead atoms. The molecule has 0 aromatic heterocycles. The van der Waals surface area contributed by atoms with Crippen LogP contribution in [0.1, 0.15) is 31.9 Å². The molecule has 0 aliphatic carbocycles. The number of rotatable bonds is 5. The van der Waals surface area contributed by atoms with Gasteiger partial charge in [-0.2, -0.15) is 13.2 Å². The summed E-state index contributed by atoms with van der Waals surface area (Å²) in [5.41, 5.74) is -0.0493. The van der Waals surface area contributed by atoms with Crippen LogP contribution in [-0.4, -0.2) is 53.8 Å². The predicted molar refractivity (Wildman–Crippen MR) is 95.7 cm³/mol. The number of amides is 2. The van der Waals surface area contributed by atoms with Crippen LogP contribution in [0, 0.1) is 5.92 Å². The quantitative estimate of drug-likeness (QED) is 0.848. The summed E-state index contributed by atoms with van der Waals surface area (Å²) in [6, 6.07) is 4.77. The highest BCUT2D eigenvalue weighted by Gasteiger charge is 2.32. The number of nitrogens with one attached hydrogen (secondary N) is 1. The van der Waals surface area contributed by atoms with Crippen molar-refractivity contribution in [3.8, 4) is 0 Å². The maximum atomic E-state index is 12.8. The molecule has 1 atom stereocenters. The molecule has 0 saturated carbocycles. The van der Waals surface area contributed by atoms with Crippen LogP contribution in [0.3, 0.4) is 0 Å². The lowest BCUT2D eigenvalue weighted by Crippen LogP contribution is -2.56. The number of benzene rings is 1. The number of halogens is 3. The Morgan fingerprint density at radius 3 is 2.30 bits per heavy atom. The first kappa shape index (κ1) is 21.2. The van der Waals surface area contributed by atoms with Gasteiger partial charge >= 0.3 is 6.18 Å². The van der Waals surface area contributed by atoms with Crippen LogP contribution in [0.2, 0.25) is 0 Å². The molecule has 2 amide bonds. The number of alkyl halides is 3. The van der Waals surface area contributed by atoms with Crippen molar-refractivity contribution in [1.29, 1.82) is 0 Å². The minimum absolute atomic E-state index is 0.0236. The Balaban J connectivity index is 1.93. The highest BCUT2D eigenvalue weighted by atomic mass is 19.4. The Labute approximate surface area is 157 Å². The van der Waals surface area contributed by atoms with Crippen LogP contribution in [0.5, 0.6) is 0 Å². The van der Waals surface area contributed by atoms with Crippen LogP contribution in [-0.2, 0) is 22.3 Å². The number of carbonyl (C=O) groups is 2. The number of piperazine rings is 1. The summed E-state index contributed by atoms with van der Waals surface area (Å²) in [5.74, 6) is -0.381. The standard InChI is InChI=1S/C19H26F3N3O2/c1-13(2)17(23-14(3)26)18(27)25-9-7-24(8-10-25)12-15-5-4-6-16(11-15)19(20,21)22/h4-6,11,13,17H,7-10,12H2,1-3H3,(H,23,26). The number of nitrogens with zero attached hydrogens (tertiary/aromatic N) is 2. The largest absolute Gasteiger partial charge is 0.416 e. The second-order valence-electron chi connectivity index (χ2n) is 7.22. The van der Waals surface area contributed by atoms with Gasteiger partial charge in [-0.3, -0.25) is 14.5 Å². The van der Waals surface area contributed by atoms with Gasteiger partial charge in [0.15, 0.2) is 0 Å². The summed E-state index contributed by atoms with van der Waals surface area (Å²) in [7, 11) is 0. The molecular weight excluding hydrogens is 359 g/mol. The minimum Gasteiger partial charge on any atom is -0.344 e. The van der Waals surface area contributed by atoms with E-state index in [0.29, 0.717) is 38.3 Å². The third-order valence-electron chi connectivity index (χ3n) is 4.64. The zero-order chi connectivity index (χ0) is 20.2. The lowest BCUT2D eigenvalue weighted by molar-refractivity contribution is -0.139. The van der Waals surface area contributed by atoms with E-state index in [0.717, 1.165) is 6.07 Å². The molecule has 8 heteroatoms. The molecule has 1 unspecified atom stereocenters. The van der Waals surface area contributed by atoms with E-state index in [2.05, 4.69) is 5.32 Å². The Morgan fingerprint density at radius 2 is 1.78 bits per heavy atom. The second-order valence-corrected chi connectivity index (χ2v) is 7.22. The fraction of sp³-hybridized carbons (Fsp3) is 0.579. The number of hydrogen-bond acceptors (Lipinski definition) is 3. The molecule has 2 rings (SSSR count). The molecule has 1 heterocycles. The van der Waals surface area contributed by atoms with Gasteiger partial charge in [0, 0.05) is 39.6 Å². The Hall–Kier alpha value is -2.09. The summed E-state index contributed by atoms with van der Waals surface area (Å²) in [4.78, 5) is 27.7. The third kappa shape index (κ3) is 5.95. The lowest BCUT2D eigenvalue weighted by atomic mass is 10.0. The van der Waals surface area contributed by atoms with Gasteiger partial charge in [0.1, 0.15) is 6.04 Å². The first-order valence-electron chi connectivity index (χ1n) is 9.02. The molecule has 27 heavy (non-hydrogen) atoms. The van der Waals surface area contributed by atoms with Gasteiger partial charge in [-0.1, -0.05) is 32.0 Å². The van der Waals surface area contributed by atoms with E-state index in [9.17, 15) is 22.8 Å². The predicted octanol–water partition coefficient (Wildman–Crippen LogP) is 2.51. The maximum Gasteiger partial charge on any atom is 0.416 e. The van der Waals surface area contributed by atoms with E-state index in [-0.39, 0.29) is 17.7 Å². The highest BCUT2D eigenvalue weighted by molar-refractivity contribution is 5.87. The van der Waals surface area contributed by atoms with E-state index in [4.69, 9.17) is 0 Å². The molecule has 150 valence electrons. The summed E-state index contributed by atoms with van der Waals surface area (Å²) in [6.45, 7) is 7.67. The van der Waals surface area contributed by atoms with Gasteiger partial charge in [0.2, 0.25) is 11.8 Å². The average Bonchev–Trinajstić information content (AvgIpc) is 2.59. The molecule has 1 fully saturated rings. The van der Waals surface area contributed by atoms with Crippen molar-refractivity contribution in [3.05, 3.63) is 35.4 Å². The van der Waals surface area contributed by atoms with Crippen molar-refractivity contribution < 1.29 is 22.8 Å². The maximum absolute atomic E-state index is 12.8. The van der Waals surface area contributed by atoms with Crippen molar-refractivity contribution in [2.75, 3.05) is 26.2 Å². The van der Waals surface area contributed by atoms with Gasteiger partial charge < -0.3 is 10.2 Å². The Kier molecular flexibility index (Phi) is 6.86. The van der Waals surface area contributed by atoms with Crippen LogP contribution in [0.4, 0.5) is 13.2 Å². The molecule has 0 spiro atoms.